The van der Waals surface area contributed by atoms with Gasteiger partial charge in [0.1, 0.15) is 11.6 Å². The number of nitrogens with zero attached hydrogens (tertiary/aromatic N) is 1. The quantitative estimate of drug-likeness (QED) is 0.606. The van der Waals surface area contributed by atoms with E-state index in [1.807, 2.05) is 72.8 Å². The highest BCUT2D eigenvalue weighted by molar-refractivity contribution is 5.84. The molecule has 1 amide bonds. The molecule has 3 aromatic carbocycles. The molecule has 0 aromatic heterocycles. The first kappa shape index (κ1) is 21.4. The molecule has 0 heterocycles. The van der Waals surface area contributed by atoms with Crippen LogP contribution in [0.25, 0.3) is 10.8 Å². The van der Waals surface area contributed by atoms with E-state index in [2.05, 4.69) is 0 Å². The van der Waals surface area contributed by atoms with Gasteiger partial charge in [-0.3, -0.25) is 4.90 Å². The average Bonchev–Trinajstić information content (AvgIpc) is 2.69. The number of hydrogen-bond acceptors (Lipinski definition) is 3. The van der Waals surface area contributed by atoms with E-state index in [9.17, 15) is 14.7 Å². The van der Waals surface area contributed by atoms with Crippen LogP contribution in [0, 0.1) is 0 Å². The van der Waals surface area contributed by atoms with Crippen LogP contribution in [-0.2, 0) is 22.5 Å². The maximum absolute atomic E-state index is 13.0. The summed E-state index contributed by atoms with van der Waals surface area (Å²) in [6.07, 6.45) is -0.453. The monoisotopic (exact) mass is 405 g/mol. The fourth-order valence-corrected chi connectivity index (χ4v) is 3.32. The summed E-state index contributed by atoms with van der Waals surface area (Å²) in [5, 5.41) is 12.1. The third kappa shape index (κ3) is 5.60. The normalized spacial score (nSPS) is 12.4. The maximum atomic E-state index is 13.0. The van der Waals surface area contributed by atoms with Crippen LogP contribution in [0.15, 0.2) is 72.8 Å². The molecule has 1 N–H and O–H groups in total. The van der Waals surface area contributed by atoms with Gasteiger partial charge in [0, 0.05) is 13.0 Å². The molecule has 0 saturated heterocycles. The van der Waals surface area contributed by atoms with Gasteiger partial charge in [0.15, 0.2) is 0 Å². The van der Waals surface area contributed by atoms with Gasteiger partial charge in [0.05, 0.1) is 0 Å². The molecule has 3 aromatic rings. The molecule has 0 spiro atoms. The lowest BCUT2D eigenvalue weighted by Crippen LogP contribution is -2.47. The second kappa shape index (κ2) is 8.99. The number of ether oxygens (including phenoxy) is 1. The molecular formula is C25H27NO4. The van der Waals surface area contributed by atoms with Gasteiger partial charge in [-0.1, -0.05) is 72.8 Å². The number of carbonyl (C=O) groups is 2. The van der Waals surface area contributed by atoms with Crippen LogP contribution in [0.3, 0.4) is 0 Å². The zero-order valence-corrected chi connectivity index (χ0v) is 17.5. The van der Waals surface area contributed by atoms with Crippen LogP contribution in [0.1, 0.15) is 31.9 Å². The van der Waals surface area contributed by atoms with E-state index >= 15 is 0 Å². The Balaban J connectivity index is 1.92. The van der Waals surface area contributed by atoms with E-state index in [0.717, 1.165) is 21.9 Å². The Bertz CT molecular complexity index is 1020. The molecule has 0 unspecified atom stereocenters. The maximum Gasteiger partial charge on any atom is 0.411 e. The number of amides is 1. The molecule has 5 heteroatoms. The summed E-state index contributed by atoms with van der Waals surface area (Å²) in [4.78, 5) is 26.5. The summed E-state index contributed by atoms with van der Waals surface area (Å²) >= 11 is 0. The summed E-state index contributed by atoms with van der Waals surface area (Å²) < 4.78 is 5.53. The number of fused-ring (bicyclic) bond motifs is 1. The Morgan fingerprint density at radius 2 is 1.53 bits per heavy atom. The Labute approximate surface area is 176 Å². The smallest absolute Gasteiger partial charge is 0.411 e. The molecule has 0 aliphatic rings. The number of rotatable bonds is 6. The molecule has 3 rings (SSSR count). The SMILES string of the molecule is CC(C)(C)OC(=O)N(Cc1ccccc1)[C@@H](Cc1ccc2ccccc2c1)C(=O)O. The molecule has 0 aliphatic heterocycles. The van der Waals surface area contributed by atoms with Crippen LogP contribution < -0.4 is 0 Å². The number of carboxylic acids is 1. The third-order valence-corrected chi connectivity index (χ3v) is 4.73. The first-order valence-electron chi connectivity index (χ1n) is 9.97. The second-order valence-electron chi connectivity index (χ2n) is 8.33. The second-order valence-corrected chi connectivity index (χ2v) is 8.33. The average molecular weight is 405 g/mol. The van der Waals surface area contributed by atoms with Crippen molar-refractivity contribution in [3.8, 4) is 0 Å². The van der Waals surface area contributed by atoms with Gasteiger partial charge < -0.3 is 9.84 Å². The van der Waals surface area contributed by atoms with Crippen molar-refractivity contribution in [2.75, 3.05) is 0 Å². The van der Waals surface area contributed by atoms with Gasteiger partial charge in [-0.05, 0) is 42.7 Å². The fourth-order valence-electron chi connectivity index (χ4n) is 3.32. The minimum Gasteiger partial charge on any atom is -0.480 e. The predicted molar refractivity (Wildman–Crippen MR) is 117 cm³/mol. The topological polar surface area (TPSA) is 66.8 Å². The van der Waals surface area contributed by atoms with Gasteiger partial charge >= 0.3 is 12.1 Å². The number of hydrogen-bond donors (Lipinski definition) is 1. The van der Waals surface area contributed by atoms with Gasteiger partial charge in [-0.25, -0.2) is 9.59 Å². The lowest BCUT2D eigenvalue weighted by molar-refractivity contribution is -0.143. The molecule has 156 valence electrons. The lowest BCUT2D eigenvalue weighted by atomic mass is 10.0. The fraction of sp³-hybridized carbons (Fsp3) is 0.280. The highest BCUT2D eigenvalue weighted by Gasteiger charge is 2.33. The molecule has 30 heavy (non-hydrogen) atoms. The van der Waals surface area contributed by atoms with Crippen molar-refractivity contribution in [2.24, 2.45) is 0 Å². The van der Waals surface area contributed by atoms with E-state index in [4.69, 9.17) is 4.74 Å². The van der Waals surface area contributed by atoms with E-state index < -0.39 is 23.7 Å². The van der Waals surface area contributed by atoms with Crippen molar-refractivity contribution in [1.82, 2.24) is 4.90 Å². The van der Waals surface area contributed by atoms with Crippen LogP contribution >= 0.6 is 0 Å². The Morgan fingerprint density at radius 1 is 0.900 bits per heavy atom. The highest BCUT2D eigenvalue weighted by atomic mass is 16.6. The number of carbonyl (C=O) groups excluding carboxylic acids is 1. The summed E-state index contributed by atoms with van der Waals surface area (Å²) in [6.45, 7) is 5.46. The van der Waals surface area contributed by atoms with Gasteiger partial charge in [0.25, 0.3) is 0 Å². The van der Waals surface area contributed by atoms with Gasteiger partial charge in [-0.2, -0.15) is 0 Å². The lowest BCUT2D eigenvalue weighted by Gasteiger charge is -2.31. The van der Waals surface area contributed by atoms with Crippen LogP contribution in [-0.4, -0.2) is 33.7 Å². The Hall–Kier alpha value is -3.34. The summed E-state index contributed by atoms with van der Waals surface area (Å²) in [5.74, 6) is -1.06. The van der Waals surface area contributed by atoms with Crippen LogP contribution in [0.4, 0.5) is 4.79 Å². The van der Waals surface area contributed by atoms with Crippen molar-refractivity contribution < 1.29 is 19.4 Å². The predicted octanol–water partition coefficient (Wildman–Crippen LogP) is 5.27. The minimum absolute atomic E-state index is 0.153. The summed E-state index contributed by atoms with van der Waals surface area (Å²) in [5.41, 5.74) is 0.966. The number of aliphatic carboxylic acids is 1. The Kier molecular flexibility index (Phi) is 6.40. The minimum atomic E-state index is -1.06. The van der Waals surface area contributed by atoms with Crippen molar-refractivity contribution >= 4 is 22.8 Å². The molecule has 0 saturated carbocycles. The Morgan fingerprint density at radius 3 is 2.17 bits per heavy atom. The van der Waals surface area contributed by atoms with E-state index in [-0.39, 0.29) is 13.0 Å². The highest BCUT2D eigenvalue weighted by Crippen LogP contribution is 2.21. The molecular weight excluding hydrogens is 378 g/mol. The summed E-state index contributed by atoms with van der Waals surface area (Å²) in [7, 11) is 0. The van der Waals surface area contributed by atoms with E-state index in [0.29, 0.717) is 0 Å². The number of benzene rings is 3. The van der Waals surface area contributed by atoms with Crippen molar-refractivity contribution in [3.05, 3.63) is 83.9 Å². The van der Waals surface area contributed by atoms with Crippen LogP contribution in [0.5, 0.6) is 0 Å². The van der Waals surface area contributed by atoms with Gasteiger partial charge in [-0.15, -0.1) is 0 Å². The molecule has 0 radical (unpaired) electrons. The largest absolute Gasteiger partial charge is 0.480 e. The van der Waals surface area contributed by atoms with E-state index in [1.165, 1.54) is 4.90 Å². The van der Waals surface area contributed by atoms with Crippen LogP contribution in [0.2, 0.25) is 0 Å². The third-order valence-electron chi connectivity index (χ3n) is 4.73. The zero-order valence-electron chi connectivity index (χ0n) is 17.5. The first-order valence-corrected chi connectivity index (χ1v) is 9.97. The molecule has 0 fully saturated rings. The molecule has 5 nitrogen and oxygen atoms in total. The van der Waals surface area contributed by atoms with Crippen molar-refractivity contribution in [1.29, 1.82) is 0 Å². The molecule has 0 aliphatic carbocycles. The first-order chi connectivity index (χ1) is 14.2. The van der Waals surface area contributed by atoms with Crippen molar-refractivity contribution in [3.63, 3.8) is 0 Å². The molecule has 1 atom stereocenters. The van der Waals surface area contributed by atoms with E-state index in [1.54, 1.807) is 20.8 Å². The standard InChI is InChI=1S/C25H27NO4/c1-25(2,3)30-24(29)26(17-18-9-5-4-6-10-18)22(23(27)28)16-19-13-14-20-11-7-8-12-21(20)15-19/h4-15,22H,16-17H2,1-3H3,(H,27,28)/t22-/m0/s1. The molecule has 0 bridgehead atoms. The van der Waals surface area contributed by atoms with Gasteiger partial charge in [0.2, 0.25) is 0 Å². The zero-order chi connectivity index (χ0) is 21.7. The van der Waals surface area contributed by atoms with Crippen molar-refractivity contribution in [2.45, 2.75) is 45.4 Å². The summed E-state index contributed by atoms with van der Waals surface area (Å²) in [6, 6.07) is 22.1. The number of carboxylic acid groups (broad SMARTS) is 1.